The molecular weight excluding hydrogens is 228 g/mol. The number of aliphatic hydroxyl groups excluding tert-OH is 1. The third-order valence-corrected chi connectivity index (χ3v) is 2.76. The smallest absolute Gasteiger partial charge is 0.157 e. The van der Waals surface area contributed by atoms with Crippen LogP contribution in [0.2, 0.25) is 0 Å². The van der Waals surface area contributed by atoms with Crippen molar-refractivity contribution < 1.29 is 14.6 Å². The van der Waals surface area contributed by atoms with Crippen molar-refractivity contribution in [3.63, 3.8) is 0 Å². The van der Waals surface area contributed by atoms with E-state index in [2.05, 4.69) is 19.9 Å². The molecule has 3 heteroatoms. The summed E-state index contributed by atoms with van der Waals surface area (Å²) in [6, 6.07) is 0. The maximum atomic E-state index is 8.74. The molecule has 1 atom stereocenters. The molecule has 0 aromatic heterocycles. The molecule has 0 aliphatic rings. The normalized spacial score (nSPS) is 14.9. The van der Waals surface area contributed by atoms with Crippen LogP contribution in [0.4, 0.5) is 0 Å². The first-order valence-electron chi connectivity index (χ1n) is 6.70. The summed E-state index contributed by atoms with van der Waals surface area (Å²) < 4.78 is 10.9. The molecule has 0 amide bonds. The molecule has 0 saturated carbocycles. The van der Waals surface area contributed by atoms with Crippen LogP contribution in [-0.4, -0.2) is 31.7 Å². The average Bonchev–Trinajstić information content (AvgIpc) is 2.34. The number of hydrogen-bond acceptors (Lipinski definition) is 3. The minimum Gasteiger partial charge on any atom is -0.392 e. The van der Waals surface area contributed by atoms with Gasteiger partial charge in [-0.3, -0.25) is 0 Å². The van der Waals surface area contributed by atoms with Crippen molar-refractivity contribution in [2.24, 2.45) is 0 Å². The second kappa shape index (κ2) is 11.5. The number of ether oxygens (including phenoxy) is 2. The zero-order valence-electron chi connectivity index (χ0n) is 12.2. The van der Waals surface area contributed by atoms with Crippen molar-refractivity contribution in [2.45, 2.75) is 52.7 Å². The van der Waals surface area contributed by atoms with Crippen molar-refractivity contribution >= 4 is 0 Å². The van der Waals surface area contributed by atoms with Crippen LogP contribution >= 0.6 is 0 Å². The molecule has 0 rings (SSSR count). The van der Waals surface area contributed by atoms with Crippen LogP contribution in [0.3, 0.4) is 0 Å². The lowest BCUT2D eigenvalue weighted by Crippen LogP contribution is -2.16. The van der Waals surface area contributed by atoms with Gasteiger partial charge in [-0.2, -0.15) is 0 Å². The molecule has 1 unspecified atom stereocenters. The standard InChI is InChI=1S/C15H28O3/c1-5-7-15(17-4)18-12-14(3)9-6-8-13(2)10-11-16/h9-10,15-16H,5-8,11-12H2,1-4H3/b13-10+,14-9+. The number of aliphatic hydroxyl groups is 1. The van der Waals surface area contributed by atoms with E-state index in [4.69, 9.17) is 14.6 Å². The zero-order valence-corrected chi connectivity index (χ0v) is 12.2. The number of rotatable bonds is 10. The van der Waals surface area contributed by atoms with E-state index in [-0.39, 0.29) is 12.9 Å². The molecule has 0 bridgehead atoms. The summed E-state index contributed by atoms with van der Waals surface area (Å²) in [5, 5.41) is 8.74. The van der Waals surface area contributed by atoms with E-state index < -0.39 is 0 Å². The van der Waals surface area contributed by atoms with E-state index in [0.717, 1.165) is 25.7 Å². The fraction of sp³-hybridized carbons (Fsp3) is 0.733. The van der Waals surface area contributed by atoms with E-state index in [1.54, 1.807) is 7.11 Å². The molecule has 0 aliphatic heterocycles. The van der Waals surface area contributed by atoms with Gasteiger partial charge in [-0.05, 0) is 33.1 Å². The Balaban J connectivity index is 3.86. The SMILES string of the molecule is CCCC(OC)OC/C(C)=C/CC/C(C)=C/CO. The third kappa shape index (κ3) is 9.40. The summed E-state index contributed by atoms with van der Waals surface area (Å²) in [6.07, 6.45) is 7.92. The van der Waals surface area contributed by atoms with Gasteiger partial charge in [0.25, 0.3) is 0 Å². The minimum atomic E-state index is -0.0885. The monoisotopic (exact) mass is 256 g/mol. The number of hydrogen-bond donors (Lipinski definition) is 1. The van der Waals surface area contributed by atoms with Crippen LogP contribution in [0, 0.1) is 0 Å². The number of allylic oxidation sites excluding steroid dienone is 2. The highest BCUT2D eigenvalue weighted by atomic mass is 16.7. The minimum absolute atomic E-state index is 0.0885. The summed E-state index contributed by atoms with van der Waals surface area (Å²) >= 11 is 0. The van der Waals surface area contributed by atoms with Gasteiger partial charge >= 0.3 is 0 Å². The van der Waals surface area contributed by atoms with Gasteiger partial charge in [0.2, 0.25) is 0 Å². The third-order valence-electron chi connectivity index (χ3n) is 2.76. The van der Waals surface area contributed by atoms with Crippen molar-refractivity contribution in [1.82, 2.24) is 0 Å². The van der Waals surface area contributed by atoms with Gasteiger partial charge in [0, 0.05) is 7.11 Å². The average molecular weight is 256 g/mol. The Morgan fingerprint density at radius 1 is 1.22 bits per heavy atom. The molecule has 0 spiro atoms. The van der Waals surface area contributed by atoms with Gasteiger partial charge in [0.05, 0.1) is 13.2 Å². The Morgan fingerprint density at radius 3 is 2.50 bits per heavy atom. The summed E-state index contributed by atoms with van der Waals surface area (Å²) in [7, 11) is 1.68. The molecule has 3 nitrogen and oxygen atoms in total. The van der Waals surface area contributed by atoms with E-state index in [1.807, 2.05) is 13.0 Å². The Morgan fingerprint density at radius 2 is 1.94 bits per heavy atom. The van der Waals surface area contributed by atoms with Gasteiger partial charge in [0.1, 0.15) is 0 Å². The summed E-state index contributed by atoms with van der Waals surface area (Å²) in [6.45, 7) is 6.99. The lowest BCUT2D eigenvalue weighted by Gasteiger charge is -2.15. The first kappa shape index (κ1) is 17.4. The largest absolute Gasteiger partial charge is 0.392 e. The van der Waals surface area contributed by atoms with E-state index in [0.29, 0.717) is 6.61 Å². The summed E-state index contributed by atoms with van der Waals surface area (Å²) in [5.74, 6) is 0. The molecule has 18 heavy (non-hydrogen) atoms. The second-order valence-electron chi connectivity index (χ2n) is 4.59. The molecule has 0 aromatic rings. The van der Waals surface area contributed by atoms with Crippen LogP contribution in [0.5, 0.6) is 0 Å². The van der Waals surface area contributed by atoms with Crippen LogP contribution in [0.1, 0.15) is 46.5 Å². The van der Waals surface area contributed by atoms with Crippen molar-refractivity contribution in [1.29, 1.82) is 0 Å². The summed E-state index contributed by atoms with van der Waals surface area (Å²) in [4.78, 5) is 0. The van der Waals surface area contributed by atoms with Gasteiger partial charge in [-0.15, -0.1) is 0 Å². The fourth-order valence-electron chi connectivity index (χ4n) is 1.59. The topological polar surface area (TPSA) is 38.7 Å². The van der Waals surface area contributed by atoms with Crippen molar-refractivity contribution in [2.75, 3.05) is 20.3 Å². The quantitative estimate of drug-likeness (QED) is 0.480. The highest BCUT2D eigenvalue weighted by Crippen LogP contribution is 2.09. The van der Waals surface area contributed by atoms with Gasteiger partial charge in [0.15, 0.2) is 6.29 Å². The van der Waals surface area contributed by atoms with Gasteiger partial charge in [-0.25, -0.2) is 0 Å². The lowest BCUT2D eigenvalue weighted by molar-refractivity contribution is -0.120. The Hall–Kier alpha value is -0.640. The molecule has 0 aliphatic carbocycles. The van der Waals surface area contributed by atoms with E-state index >= 15 is 0 Å². The molecule has 1 N–H and O–H groups in total. The lowest BCUT2D eigenvalue weighted by atomic mass is 10.1. The van der Waals surface area contributed by atoms with Crippen LogP contribution < -0.4 is 0 Å². The molecule has 0 fully saturated rings. The maximum Gasteiger partial charge on any atom is 0.157 e. The fourth-order valence-corrected chi connectivity index (χ4v) is 1.59. The van der Waals surface area contributed by atoms with Gasteiger partial charge in [-0.1, -0.05) is 36.6 Å². The van der Waals surface area contributed by atoms with Crippen molar-refractivity contribution in [3.05, 3.63) is 23.3 Å². The zero-order chi connectivity index (χ0) is 13.8. The molecule has 0 aromatic carbocycles. The predicted octanol–water partition coefficient (Wildman–Crippen LogP) is 3.44. The van der Waals surface area contributed by atoms with Gasteiger partial charge < -0.3 is 14.6 Å². The Labute approximate surface area is 111 Å². The molecule has 0 radical (unpaired) electrons. The number of methoxy groups -OCH3 is 1. The first-order chi connectivity index (χ1) is 8.63. The highest BCUT2D eigenvalue weighted by molar-refractivity contribution is 5.03. The van der Waals surface area contributed by atoms with E-state index in [9.17, 15) is 0 Å². The second-order valence-corrected chi connectivity index (χ2v) is 4.59. The Bertz CT molecular complexity index is 256. The maximum absolute atomic E-state index is 8.74. The highest BCUT2D eigenvalue weighted by Gasteiger charge is 2.05. The molecule has 0 heterocycles. The van der Waals surface area contributed by atoms with Crippen LogP contribution in [0.15, 0.2) is 23.3 Å². The predicted molar refractivity (Wildman–Crippen MR) is 75.5 cm³/mol. The van der Waals surface area contributed by atoms with Crippen LogP contribution in [-0.2, 0) is 9.47 Å². The van der Waals surface area contributed by atoms with Crippen LogP contribution in [0.25, 0.3) is 0 Å². The van der Waals surface area contributed by atoms with E-state index in [1.165, 1.54) is 11.1 Å². The van der Waals surface area contributed by atoms with Crippen molar-refractivity contribution in [3.8, 4) is 0 Å². The molecule has 0 saturated heterocycles. The Kier molecular flexibility index (Phi) is 11.0. The molecule has 106 valence electrons. The summed E-state index contributed by atoms with van der Waals surface area (Å²) in [5.41, 5.74) is 2.45. The first-order valence-corrected chi connectivity index (χ1v) is 6.70. The molecular formula is C15H28O3.